The summed E-state index contributed by atoms with van der Waals surface area (Å²) in [4.78, 5) is 12.0. The molecule has 0 unspecified atom stereocenters. The molecule has 1 aromatic heterocycles. The van der Waals surface area contributed by atoms with Crippen molar-refractivity contribution < 1.29 is 17.6 Å². The van der Waals surface area contributed by atoms with Crippen molar-refractivity contribution in [1.29, 1.82) is 0 Å². The van der Waals surface area contributed by atoms with Gasteiger partial charge in [0.2, 0.25) is 11.0 Å². The molecule has 1 heterocycles. The van der Waals surface area contributed by atoms with E-state index < -0.39 is 15.6 Å². The van der Waals surface area contributed by atoms with Gasteiger partial charge >= 0.3 is 0 Å². The summed E-state index contributed by atoms with van der Waals surface area (Å²) in [6.45, 7) is 7.15. The Morgan fingerprint density at radius 2 is 1.91 bits per heavy atom. The number of likely N-dealkylation sites (N-methyl/N-ethyl adjacent to an activating group) is 1. The Labute approximate surface area is 136 Å². The molecule has 23 heavy (non-hydrogen) atoms. The van der Waals surface area contributed by atoms with E-state index in [1.807, 2.05) is 26.8 Å². The Morgan fingerprint density at radius 1 is 1.26 bits per heavy atom. The Morgan fingerprint density at radius 3 is 2.48 bits per heavy atom. The maximum absolute atomic E-state index is 12.7. The Balaban J connectivity index is 2.26. The van der Waals surface area contributed by atoms with Gasteiger partial charge in [-0.2, -0.15) is 4.31 Å². The highest BCUT2D eigenvalue weighted by Crippen LogP contribution is 2.24. The number of sulfonamides is 1. The van der Waals surface area contributed by atoms with Gasteiger partial charge in [0.25, 0.3) is 10.0 Å². The number of amides is 1. The van der Waals surface area contributed by atoms with E-state index in [1.54, 1.807) is 25.1 Å². The largest absolute Gasteiger partial charge is 0.443 e. The van der Waals surface area contributed by atoms with Crippen LogP contribution >= 0.6 is 0 Å². The van der Waals surface area contributed by atoms with Crippen LogP contribution in [0.3, 0.4) is 0 Å². The molecule has 126 valence electrons. The van der Waals surface area contributed by atoms with Crippen molar-refractivity contribution in [3.05, 3.63) is 30.3 Å². The summed E-state index contributed by atoms with van der Waals surface area (Å²) in [6, 6.07) is 8.55. The number of carbonyl (C=O) groups is 1. The van der Waals surface area contributed by atoms with Gasteiger partial charge in [-0.25, -0.2) is 8.42 Å². The van der Waals surface area contributed by atoms with Crippen LogP contribution in [0.4, 0.5) is 0 Å². The van der Waals surface area contributed by atoms with Crippen LogP contribution in [0.2, 0.25) is 0 Å². The van der Waals surface area contributed by atoms with Gasteiger partial charge < -0.3 is 9.73 Å². The molecule has 0 fully saturated rings. The molecule has 7 heteroatoms. The third-order valence-electron chi connectivity index (χ3n) is 3.18. The first-order valence-corrected chi connectivity index (χ1v) is 8.87. The van der Waals surface area contributed by atoms with Gasteiger partial charge in [0, 0.05) is 23.5 Å². The molecule has 0 radical (unpaired) electrons. The second kappa shape index (κ2) is 6.33. The van der Waals surface area contributed by atoms with E-state index >= 15 is 0 Å². The minimum absolute atomic E-state index is 0.149. The summed E-state index contributed by atoms with van der Waals surface area (Å²) >= 11 is 0. The number of nitrogens with one attached hydrogen (secondary N) is 1. The predicted octanol–water partition coefficient (Wildman–Crippen LogP) is 2.36. The second-order valence-corrected chi connectivity index (χ2v) is 8.20. The molecule has 0 spiro atoms. The number of para-hydroxylation sites is 1. The lowest BCUT2D eigenvalue weighted by Gasteiger charge is -2.24. The monoisotopic (exact) mass is 338 g/mol. The average Bonchev–Trinajstić information content (AvgIpc) is 2.87. The molecular weight excluding hydrogens is 316 g/mol. The maximum atomic E-state index is 12.7. The maximum Gasteiger partial charge on any atom is 0.276 e. The number of hydrogen-bond donors (Lipinski definition) is 1. The van der Waals surface area contributed by atoms with E-state index in [1.165, 1.54) is 6.07 Å². The zero-order chi connectivity index (χ0) is 17.3. The van der Waals surface area contributed by atoms with Crippen LogP contribution in [0.1, 0.15) is 27.7 Å². The molecule has 0 bridgehead atoms. The lowest BCUT2D eigenvalue weighted by Crippen LogP contribution is -2.47. The Kier molecular flexibility index (Phi) is 4.81. The molecule has 0 saturated carbocycles. The van der Waals surface area contributed by atoms with Gasteiger partial charge in [-0.1, -0.05) is 25.1 Å². The Bertz CT molecular complexity index is 770. The standard InChI is InChI=1S/C16H22N2O4S/c1-5-18(11-14(19)17-16(2,3)4)23(20,21)15-10-12-8-6-7-9-13(12)22-15/h6-10H,5,11H2,1-4H3,(H,17,19). The average molecular weight is 338 g/mol. The van der Waals surface area contributed by atoms with Crippen molar-refractivity contribution in [2.45, 2.75) is 38.3 Å². The van der Waals surface area contributed by atoms with Crippen LogP contribution in [0.5, 0.6) is 0 Å². The lowest BCUT2D eigenvalue weighted by atomic mass is 10.1. The number of furan rings is 1. The summed E-state index contributed by atoms with van der Waals surface area (Å²) < 4.78 is 31.9. The topological polar surface area (TPSA) is 79.6 Å². The molecule has 0 aliphatic carbocycles. The van der Waals surface area contributed by atoms with Crippen molar-refractivity contribution in [2.75, 3.05) is 13.1 Å². The molecule has 0 atom stereocenters. The predicted molar refractivity (Wildman–Crippen MR) is 88.5 cm³/mol. The first kappa shape index (κ1) is 17.5. The third kappa shape index (κ3) is 4.11. The van der Waals surface area contributed by atoms with Crippen molar-refractivity contribution in [1.82, 2.24) is 9.62 Å². The molecule has 0 aliphatic heterocycles. The minimum Gasteiger partial charge on any atom is -0.443 e. The second-order valence-electron chi connectivity index (χ2n) is 6.33. The van der Waals surface area contributed by atoms with Gasteiger partial charge in [-0.05, 0) is 26.8 Å². The normalized spacial score (nSPS) is 12.7. The highest BCUT2D eigenvalue weighted by Gasteiger charge is 2.29. The third-order valence-corrected chi connectivity index (χ3v) is 4.96. The molecule has 2 aromatic rings. The zero-order valence-electron chi connectivity index (χ0n) is 13.8. The van der Waals surface area contributed by atoms with Crippen molar-refractivity contribution in [3.8, 4) is 0 Å². The van der Waals surface area contributed by atoms with Crippen LogP contribution in [-0.2, 0) is 14.8 Å². The van der Waals surface area contributed by atoms with Crippen LogP contribution in [-0.4, -0.2) is 37.3 Å². The fraction of sp³-hybridized carbons (Fsp3) is 0.438. The molecular formula is C16H22N2O4S. The first-order valence-electron chi connectivity index (χ1n) is 7.43. The van der Waals surface area contributed by atoms with E-state index in [9.17, 15) is 13.2 Å². The fourth-order valence-corrected chi connectivity index (χ4v) is 3.55. The van der Waals surface area contributed by atoms with Crippen LogP contribution in [0.25, 0.3) is 11.0 Å². The number of carbonyl (C=O) groups excluding carboxylic acids is 1. The number of fused-ring (bicyclic) bond motifs is 1. The van der Waals surface area contributed by atoms with Gasteiger partial charge in [-0.3, -0.25) is 4.79 Å². The molecule has 1 amide bonds. The van der Waals surface area contributed by atoms with E-state index in [0.717, 1.165) is 4.31 Å². The Hall–Kier alpha value is -1.86. The van der Waals surface area contributed by atoms with Crippen LogP contribution in [0, 0.1) is 0 Å². The summed E-state index contributed by atoms with van der Waals surface area (Å²) in [6.07, 6.45) is 0. The van der Waals surface area contributed by atoms with Crippen molar-refractivity contribution >= 4 is 26.9 Å². The van der Waals surface area contributed by atoms with Crippen LogP contribution in [0.15, 0.2) is 39.8 Å². The van der Waals surface area contributed by atoms with Gasteiger partial charge in [0.15, 0.2) is 0 Å². The highest BCUT2D eigenvalue weighted by molar-refractivity contribution is 7.89. The number of rotatable bonds is 5. The number of hydrogen-bond acceptors (Lipinski definition) is 4. The van der Waals surface area contributed by atoms with Crippen molar-refractivity contribution in [3.63, 3.8) is 0 Å². The molecule has 2 rings (SSSR count). The number of benzene rings is 1. The first-order chi connectivity index (χ1) is 10.6. The quantitative estimate of drug-likeness (QED) is 0.907. The van der Waals surface area contributed by atoms with Gasteiger partial charge in [-0.15, -0.1) is 0 Å². The van der Waals surface area contributed by atoms with Gasteiger partial charge in [0.1, 0.15) is 5.58 Å². The lowest BCUT2D eigenvalue weighted by molar-refractivity contribution is -0.122. The van der Waals surface area contributed by atoms with E-state index in [0.29, 0.717) is 11.0 Å². The zero-order valence-corrected chi connectivity index (χ0v) is 14.6. The van der Waals surface area contributed by atoms with E-state index in [4.69, 9.17) is 4.42 Å². The van der Waals surface area contributed by atoms with Gasteiger partial charge in [0.05, 0.1) is 6.54 Å². The fourth-order valence-electron chi connectivity index (χ4n) is 2.20. The smallest absolute Gasteiger partial charge is 0.276 e. The number of nitrogens with zero attached hydrogens (tertiary/aromatic N) is 1. The van der Waals surface area contributed by atoms with Crippen molar-refractivity contribution in [2.24, 2.45) is 0 Å². The molecule has 1 N–H and O–H groups in total. The van der Waals surface area contributed by atoms with E-state index in [-0.39, 0.29) is 24.1 Å². The van der Waals surface area contributed by atoms with Crippen LogP contribution < -0.4 is 5.32 Å². The summed E-state index contributed by atoms with van der Waals surface area (Å²) in [5.41, 5.74) is 0.0841. The van der Waals surface area contributed by atoms with E-state index in [2.05, 4.69) is 5.32 Å². The minimum atomic E-state index is -3.86. The summed E-state index contributed by atoms with van der Waals surface area (Å²) in [7, 11) is -3.86. The highest BCUT2D eigenvalue weighted by atomic mass is 32.2. The molecule has 1 aromatic carbocycles. The molecule has 0 aliphatic rings. The summed E-state index contributed by atoms with van der Waals surface area (Å²) in [5, 5.41) is 3.32. The summed E-state index contributed by atoms with van der Waals surface area (Å²) in [5.74, 6) is -0.348. The SMILES string of the molecule is CCN(CC(=O)NC(C)(C)C)S(=O)(=O)c1cc2ccccc2o1. The molecule has 6 nitrogen and oxygen atoms in total. The molecule has 0 saturated heterocycles.